The van der Waals surface area contributed by atoms with E-state index in [1.807, 2.05) is 24.3 Å². The molecule has 0 bridgehead atoms. The van der Waals surface area contributed by atoms with Gasteiger partial charge in [0.05, 0.1) is 25.8 Å². The van der Waals surface area contributed by atoms with Crippen LogP contribution in [0.1, 0.15) is 0 Å². The molecule has 1 atom stereocenters. The van der Waals surface area contributed by atoms with E-state index < -0.39 is 0 Å². The number of benzene rings is 1. The summed E-state index contributed by atoms with van der Waals surface area (Å²) in [5.74, 6) is 0. The summed E-state index contributed by atoms with van der Waals surface area (Å²) in [6.07, 6.45) is 2.45. The summed E-state index contributed by atoms with van der Waals surface area (Å²) >= 11 is 0. The Labute approximate surface area is 87.7 Å². The fraction of sp³-hybridized carbons (Fsp3) is 0.250. The average Bonchev–Trinajstić information content (AvgIpc) is 2.99. The van der Waals surface area contributed by atoms with Crippen molar-refractivity contribution in [3.63, 3.8) is 0 Å². The van der Waals surface area contributed by atoms with Crippen molar-refractivity contribution in [2.24, 2.45) is 0 Å². The van der Waals surface area contributed by atoms with Crippen molar-refractivity contribution in [3.8, 4) is 0 Å². The molecule has 1 saturated heterocycles. The second-order valence-electron chi connectivity index (χ2n) is 3.78. The molecule has 74 valence electrons. The third-order valence-electron chi connectivity index (χ3n) is 2.69. The Morgan fingerprint density at radius 1 is 1.47 bits per heavy atom. The van der Waals surface area contributed by atoms with E-state index in [-0.39, 0.29) is 0 Å². The first-order valence-corrected chi connectivity index (χ1v) is 4.95. The smallest absolute Gasteiger partial charge is 0.187 e. The van der Waals surface area contributed by atoms with E-state index in [1.165, 1.54) is 5.52 Å². The second-order valence-corrected chi connectivity index (χ2v) is 3.78. The first-order valence-electron chi connectivity index (χ1n) is 4.95. The van der Waals surface area contributed by atoms with Gasteiger partial charge in [0.25, 0.3) is 0 Å². The minimum atomic E-state index is 0.390. The van der Waals surface area contributed by atoms with Crippen LogP contribution in [-0.4, -0.2) is 17.3 Å². The topological polar surface area (TPSA) is 21.8 Å². The third kappa shape index (κ3) is 1.49. The molecule has 15 heavy (non-hydrogen) atoms. The highest BCUT2D eigenvalue weighted by molar-refractivity contribution is 5.83. The molecule has 0 aliphatic carbocycles. The lowest BCUT2D eigenvalue weighted by Crippen LogP contribution is -2.01. The van der Waals surface area contributed by atoms with E-state index in [2.05, 4.69) is 15.6 Å². The highest BCUT2D eigenvalue weighted by Crippen LogP contribution is 2.24. The summed E-state index contributed by atoms with van der Waals surface area (Å²) in [6.45, 7) is 8.74. The molecule has 3 nitrogen and oxygen atoms in total. The lowest BCUT2D eigenvalue weighted by atomic mass is 10.2. The van der Waals surface area contributed by atoms with Crippen molar-refractivity contribution in [1.29, 1.82) is 0 Å². The second kappa shape index (κ2) is 3.11. The lowest BCUT2D eigenvalue weighted by molar-refractivity contribution is 0.385. The van der Waals surface area contributed by atoms with Crippen LogP contribution in [0.4, 0.5) is 5.69 Å². The molecule has 2 aromatic rings. The van der Waals surface area contributed by atoms with Gasteiger partial charge in [-0.1, -0.05) is 6.07 Å². The molecule has 1 fully saturated rings. The molecule has 0 spiro atoms. The van der Waals surface area contributed by atoms with Crippen molar-refractivity contribution >= 4 is 16.6 Å². The molecule has 1 aliphatic heterocycles. The summed E-state index contributed by atoms with van der Waals surface area (Å²) in [4.78, 5) is 3.42. The molecule has 2 heterocycles. The number of aromatic nitrogens is 1. The predicted molar refractivity (Wildman–Crippen MR) is 57.9 cm³/mol. The maximum absolute atomic E-state index is 6.95. The Hall–Kier alpha value is -1.79. The van der Waals surface area contributed by atoms with Gasteiger partial charge in [0.2, 0.25) is 0 Å². The molecule has 1 aliphatic rings. The molecule has 1 aromatic carbocycles. The van der Waals surface area contributed by atoms with Crippen LogP contribution in [-0.2, 0) is 11.3 Å². The standard InChI is InChI=1S/C12H10N2O/c1-13-10-2-3-12-9(6-10)4-5-14(12)7-11-8-15-11/h2-6,11H,7-8H2. The van der Waals surface area contributed by atoms with Crippen molar-refractivity contribution < 1.29 is 4.74 Å². The Bertz CT molecular complexity index is 546. The number of rotatable bonds is 2. The molecule has 3 rings (SSSR count). The van der Waals surface area contributed by atoms with Crippen LogP contribution in [0, 0.1) is 6.57 Å². The van der Waals surface area contributed by atoms with Crippen LogP contribution in [0.2, 0.25) is 0 Å². The van der Waals surface area contributed by atoms with Crippen molar-refractivity contribution in [1.82, 2.24) is 4.57 Å². The largest absolute Gasteiger partial charge is 0.371 e. The summed E-state index contributed by atoms with van der Waals surface area (Å²) in [5.41, 5.74) is 1.88. The molecule has 1 unspecified atom stereocenters. The minimum absolute atomic E-state index is 0.390. The van der Waals surface area contributed by atoms with Gasteiger partial charge in [0.1, 0.15) is 0 Å². The zero-order chi connectivity index (χ0) is 10.3. The van der Waals surface area contributed by atoms with Gasteiger partial charge in [-0.25, -0.2) is 4.85 Å². The monoisotopic (exact) mass is 198 g/mol. The Kier molecular flexibility index (Phi) is 1.77. The van der Waals surface area contributed by atoms with E-state index in [1.54, 1.807) is 0 Å². The van der Waals surface area contributed by atoms with Crippen LogP contribution in [0.25, 0.3) is 15.7 Å². The zero-order valence-corrected chi connectivity index (χ0v) is 8.18. The van der Waals surface area contributed by atoms with Crippen molar-refractivity contribution in [3.05, 3.63) is 41.9 Å². The Morgan fingerprint density at radius 2 is 2.33 bits per heavy atom. The highest BCUT2D eigenvalue weighted by Gasteiger charge is 2.23. The third-order valence-corrected chi connectivity index (χ3v) is 2.69. The predicted octanol–water partition coefficient (Wildman–Crippen LogP) is 2.59. The minimum Gasteiger partial charge on any atom is -0.371 e. The summed E-state index contributed by atoms with van der Waals surface area (Å²) in [5, 5.41) is 1.13. The highest BCUT2D eigenvalue weighted by atomic mass is 16.6. The van der Waals surface area contributed by atoms with E-state index in [9.17, 15) is 0 Å². The normalized spacial score (nSPS) is 19.0. The van der Waals surface area contributed by atoms with Gasteiger partial charge in [0.15, 0.2) is 5.69 Å². The Morgan fingerprint density at radius 3 is 3.07 bits per heavy atom. The molecular weight excluding hydrogens is 188 g/mol. The molecular formula is C12H10N2O. The van der Waals surface area contributed by atoms with Gasteiger partial charge < -0.3 is 9.30 Å². The average molecular weight is 198 g/mol. The van der Waals surface area contributed by atoms with Gasteiger partial charge >= 0.3 is 0 Å². The van der Waals surface area contributed by atoms with Crippen LogP contribution < -0.4 is 0 Å². The van der Waals surface area contributed by atoms with Gasteiger partial charge in [0, 0.05) is 11.7 Å². The number of fused-ring (bicyclic) bond motifs is 1. The fourth-order valence-electron chi connectivity index (χ4n) is 1.81. The molecule has 0 radical (unpaired) electrons. The quantitative estimate of drug-likeness (QED) is 0.537. The molecule has 0 saturated carbocycles. The summed E-state index contributed by atoms with van der Waals surface area (Å²) in [7, 11) is 0. The summed E-state index contributed by atoms with van der Waals surface area (Å²) in [6, 6.07) is 7.84. The van der Waals surface area contributed by atoms with E-state index in [4.69, 9.17) is 11.3 Å². The van der Waals surface area contributed by atoms with Crippen LogP contribution in [0.15, 0.2) is 30.5 Å². The SMILES string of the molecule is [C-]#[N+]c1ccc2c(ccn2CC2CO2)c1. The maximum atomic E-state index is 6.95. The van der Waals surface area contributed by atoms with Gasteiger partial charge in [-0.2, -0.15) is 0 Å². The number of epoxide rings is 1. The molecule has 0 N–H and O–H groups in total. The van der Waals surface area contributed by atoms with Crippen LogP contribution >= 0.6 is 0 Å². The van der Waals surface area contributed by atoms with Gasteiger partial charge in [-0.3, -0.25) is 0 Å². The van der Waals surface area contributed by atoms with Crippen LogP contribution in [0.5, 0.6) is 0 Å². The molecule has 0 amide bonds. The van der Waals surface area contributed by atoms with E-state index in [0.717, 1.165) is 18.5 Å². The van der Waals surface area contributed by atoms with Crippen molar-refractivity contribution in [2.75, 3.05) is 6.61 Å². The van der Waals surface area contributed by atoms with Crippen LogP contribution in [0.3, 0.4) is 0 Å². The van der Waals surface area contributed by atoms with E-state index in [0.29, 0.717) is 11.8 Å². The fourth-order valence-corrected chi connectivity index (χ4v) is 1.81. The number of hydrogen-bond acceptors (Lipinski definition) is 1. The molecule has 1 aromatic heterocycles. The number of ether oxygens (including phenoxy) is 1. The van der Waals surface area contributed by atoms with Gasteiger partial charge in [-0.05, 0) is 23.6 Å². The molecule has 3 heteroatoms. The lowest BCUT2D eigenvalue weighted by Gasteiger charge is -2.02. The number of hydrogen-bond donors (Lipinski definition) is 0. The summed E-state index contributed by atoms with van der Waals surface area (Å²) < 4.78 is 7.39. The van der Waals surface area contributed by atoms with E-state index >= 15 is 0 Å². The first kappa shape index (κ1) is 8.51. The first-order chi connectivity index (χ1) is 7.36. The van der Waals surface area contributed by atoms with Gasteiger partial charge in [-0.15, -0.1) is 0 Å². The van der Waals surface area contributed by atoms with Crippen molar-refractivity contribution in [2.45, 2.75) is 12.6 Å². The Balaban J connectivity index is 2.06. The number of nitrogens with zero attached hydrogens (tertiary/aromatic N) is 2. The maximum Gasteiger partial charge on any atom is 0.187 e. The zero-order valence-electron chi connectivity index (χ0n) is 8.18.